The molecule has 1 aromatic heterocycles. The van der Waals surface area contributed by atoms with Crippen LogP contribution in [0, 0.1) is 23.2 Å². The summed E-state index contributed by atoms with van der Waals surface area (Å²) in [6.45, 7) is 1.74. The predicted molar refractivity (Wildman–Crippen MR) is 97.6 cm³/mol. The maximum Gasteiger partial charge on any atom is 0.246 e. The van der Waals surface area contributed by atoms with Crippen LogP contribution in [0.2, 0.25) is 0 Å². The first-order chi connectivity index (χ1) is 12.5. The van der Waals surface area contributed by atoms with E-state index in [1.54, 1.807) is 32.4 Å². The van der Waals surface area contributed by atoms with Crippen LogP contribution in [0.1, 0.15) is 45.4 Å². The van der Waals surface area contributed by atoms with E-state index in [2.05, 4.69) is 15.6 Å². The smallest absolute Gasteiger partial charge is 0.246 e. The van der Waals surface area contributed by atoms with Gasteiger partial charge >= 0.3 is 0 Å². The quantitative estimate of drug-likeness (QED) is 0.849. The molecule has 2 N–H and O–H groups in total. The monoisotopic (exact) mass is 357 g/mol. The van der Waals surface area contributed by atoms with Crippen LogP contribution in [0.25, 0.3) is 0 Å². The number of pyridine rings is 1. The lowest BCUT2D eigenvalue weighted by Crippen LogP contribution is -2.56. The molecular weight excluding hydrogens is 330 g/mol. The first-order valence-corrected chi connectivity index (χ1v) is 9.59. The van der Waals surface area contributed by atoms with Crippen molar-refractivity contribution in [1.29, 1.82) is 0 Å². The molecule has 2 amide bonds. The Labute approximate surface area is 154 Å². The third-order valence-corrected chi connectivity index (χ3v) is 6.47. The third kappa shape index (κ3) is 3.17. The molecule has 4 bridgehead atoms. The Bertz CT molecular complexity index is 665. The molecule has 0 aromatic carbocycles. The Kier molecular flexibility index (Phi) is 4.37. The maximum absolute atomic E-state index is 13.0. The largest absolute Gasteiger partial charge is 0.481 e. The van der Waals surface area contributed by atoms with Crippen LogP contribution in [0.15, 0.2) is 18.3 Å². The molecule has 4 saturated carbocycles. The molecule has 4 aliphatic carbocycles. The SMILES string of the molecule is COc1ccc(NC(=O)[C@@H](C)NC(=O)C23CC4CC(CC(C4)C2)C3)cn1. The van der Waals surface area contributed by atoms with Crippen molar-refractivity contribution in [2.75, 3.05) is 12.4 Å². The summed E-state index contributed by atoms with van der Waals surface area (Å²) in [6.07, 6.45) is 8.45. The molecule has 26 heavy (non-hydrogen) atoms. The Morgan fingerprint density at radius 2 is 1.77 bits per heavy atom. The van der Waals surface area contributed by atoms with Gasteiger partial charge in [-0.25, -0.2) is 4.98 Å². The molecule has 0 unspecified atom stereocenters. The second-order valence-electron chi connectivity index (χ2n) is 8.47. The molecule has 6 nitrogen and oxygen atoms in total. The van der Waals surface area contributed by atoms with Crippen molar-refractivity contribution in [1.82, 2.24) is 10.3 Å². The fraction of sp³-hybridized carbons (Fsp3) is 0.650. The summed E-state index contributed by atoms with van der Waals surface area (Å²) in [4.78, 5) is 29.5. The first kappa shape index (κ1) is 17.3. The molecule has 5 rings (SSSR count). The Morgan fingerprint density at radius 3 is 2.27 bits per heavy atom. The van der Waals surface area contributed by atoms with Crippen molar-refractivity contribution >= 4 is 17.5 Å². The highest BCUT2D eigenvalue weighted by atomic mass is 16.5. The molecule has 1 atom stereocenters. The molecular formula is C20H27N3O3. The van der Waals surface area contributed by atoms with Crippen LogP contribution in [-0.4, -0.2) is 29.9 Å². The highest BCUT2D eigenvalue weighted by Crippen LogP contribution is 2.60. The van der Waals surface area contributed by atoms with Crippen molar-refractivity contribution in [3.05, 3.63) is 18.3 Å². The lowest BCUT2D eigenvalue weighted by molar-refractivity contribution is -0.147. The molecule has 0 saturated heterocycles. The predicted octanol–water partition coefficient (Wildman–Crippen LogP) is 2.75. The molecule has 0 aliphatic heterocycles. The van der Waals surface area contributed by atoms with E-state index in [1.165, 1.54) is 19.3 Å². The van der Waals surface area contributed by atoms with Gasteiger partial charge in [-0.05, 0) is 69.3 Å². The van der Waals surface area contributed by atoms with E-state index in [-0.39, 0.29) is 17.2 Å². The minimum Gasteiger partial charge on any atom is -0.481 e. The molecule has 0 spiro atoms. The van der Waals surface area contributed by atoms with Crippen LogP contribution in [0.5, 0.6) is 5.88 Å². The average Bonchev–Trinajstić information content (AvgIpc) is 2.61. The normalized spacial score (nSPS) is 32.8. The van der Waals surface area contributed by atoms with Crippen molar-refractivity contribution in [3.63, 3.8) is 0 Å². The summed E-state index contributed by atoms with van der Waals surface area (Å²) in [5.41, 5.74) is 0.358. The summed E-state index contributed by atoms with van der Waals surface area (Å²) in [6, 6.07) is 2.85. The maximum atomic E-state index is 13.0. The van der Waals surface area contributed by atoms with Gasteiger partial charge in [0.2, 0.25) is 17.7 Å². The number of rotatable bonds is 5. The van der Waals surface area contributed by atoms with E-state index in [4.69, 9.17) is 4.74 Å². The Morgan fingerprint density at radius 1 is 1.15 bits per heavy atom. The van der Waals surface area contributed by atoms with Crippen LogP contribution in [0.3, 0.4) is 0 Å². The standard InChI is InChI=1S/C20H27N3O3/c1-12(18(24)23-16-3-4-17(26-2)21-11-16)22-19(25)20-8-13-5-14(9-20)7-15(6-13)10-20/h3-4,11-15H,5-10H2,1-2H3,(H,22,25)(H,23,24)/t12-,13?,14?,15?,20?/m1/s1. The van der Waals surface area contributed by atoms with Crippen molar-refractivity contribution in [3.8, 4) is 5.88 Å². The minimum atomic E-state index is -0.572. The highest BCUT2D eigenvalue weighted by molar-refractivity contribution is 5.97. The molecule has 1 aromatic rings. The number of aromatic nitrogens is 1. The van der Waals surface area contributed by atoms with Crippen molar-refractivity contribution in [2.24, 2.45) is 23.2 Å². The summed E-state index contributed by atoms with van der Waals surface area (Å²) in [5, 5.41) is 5.78. The average molecular weight is 357 g/mol. The summed E-state index contributed by atoms with van der Waals surface area (Å²) in [7, 11) is 1.54. The van der Waals surface area contributed by atoms with Gasteiger partial charge in [0.15, 0.2) is 0 Å². The molecule has 6 heteroatoms. The van der Waals surface area contributed by atoms with E-state index in [0.717, 1.165) is 19.3 Å². The number of nitrogens with zero attached hydrogens (tertiary/aromatic N) is 1. The van der Waals surface area contributed by atoms with E-state index in [0.29, 0.717) is 29.3 Å². The summed E-state index contributed by atoms with van der Waals surface area (Å²) >= 11 is 0. The van der Waals surface area contributed by atoms with Crippen molar-refractivity contribution < 1.29 is 14.3 Å². The van der Waals surface area contributed by atoms with Crippen LogP contribution < -0.4 is 15.4 Å². The van der Waals surface area contributed by atoms with Gasteiger partial charge in [0, 0.05) is 11.5 Å². The fourth-order valence-electron chi connectivity index (χ4n) is 5.63. The van der Waals surface area contributed by atoms with Crippen LogP contribution in [-0.2, 0) is 9.59 Å². The molecule has 4 aliphatic rings. The number of hydrogen-bond donors (Lipinski definition) is 2. The molecule has 4 fully saturated rings. The van der Waals surface area contributed by atoms with Gasteiger partial charge in [0.05, 0.1) is 19.0 Å². The van der Waals surface area contributed by atoms with Gasteiger partial charge < -0.3 is 15.4 Å². The third-order valence-electron chi connectivity index (χ3n) is 6.47. The van der Waals surface area contributed by atoms with Crippen LogP contribution in [0.4, 0.5) is 5.69 Å². The number of carbonyl (C=O) groups excluding carboxylic acids is 2. The molecule has 140 valence electrons. The zero-order valence-corrected chi connectivity index (χ0v) is 15.5. The van der Waals surface area contributed by atoms with Crippen molar-refractivity contribution in [2.45, 2.75) is 51.5 Å². The fourth-order valence-corrected chi connectivity index (χ4v) is 5.63. The second-order valence-corrected chi connectivity index (χ2v) is 8.47. The second kappa shape index (κ2) is 6.56. The van der Waals surface area contributed by atoms with Crippen LogP contribution >= 0.6 is 0 Å². The number of nitrogens with one attached hydrogen (secondary N) is 2. The zero-order chi connectivity index (χ0) is 18.3. The highest BCUT2D eigenvalue weighted by Gasteiger charge is 2.54. The Balaban J connectivity index is 1.37. The van der Waals surface area contributed by atoms with E-state index in [1.807, 2.05) is 0 Å². The number of methoxy groups -OCH3 is 1. The van der Waals surface area contributed by atoms with Gasteiger partial charge in [-0.3, -0.25) is 9.59 Å². The van der Waals surface area contributed by atoms with E-state index < -0.39 is 6.04 Å². The van der Waals surface area contributed by atoms with E-state index in [9.17, 15) is 9.59 Å². The first-order valence-electron chi connectivity index (χ1n) is 9.59. The number of ether oxygens (including phenoxy) is 1. The summed E-state index contributed by atoms with van der Waals surface area (Å²) in [5.74, 6) is 2.47. The van der Waals surface area contributed by atoms with Gasteiger partial charge in [0.25, 0.3) is 0 Å². The number of anilines is 1. The minimum absolute atomic E-state index is 0.0760. The lowest BCUT2D eigenvalue weighted by Gasteiger charge is -2.55. The number of hydrogen-bond acceptors (Lipinski definition) is 4. The lowest BCUT2D eigenvalue weighted by atomic mass is 9.49. The number of carbonyl (C=O) groups is 2. The van der Waals surface area contributed by atoms with Gasteiger partial charge in [-0.15, -0.1) is 0 Å². The van der Waals surface area contributed by atoms with Gasteiger partial charge in [-0.1, -0.05) is 0 Å². The van der Waals surface area contributed by atoms with Gasteiger partial charge in [-0.2, -0.15) is 0 Å². The Hall–Kier alpha value is -2.11. The molecule has 0 radical (unpaired) electrons. The summed E-state index contributed by atoms with van der Waals surface area (Å²) < 4.78 is 5.01. The number of amides is 2. The topological polar surface area (TPSA) is 80.3 Å². The van der Waals surface area contributed by atoms with E-state index >= 15 is 0 Å². The zero-order valence-electron chi connectivity index (χ0n) is 15.5. The molecule has 1 heterocycles. The van der Waals surface area contributed by atoms with Gasteiger partial charge in [0.1, 0.15) is 6.04 Å².